The lowest BCUT2D eigenvalue weighted by molar-refractivity contribution is 0.188. The van der Waals surface area contributed by atoms with Crippen LogP contribution in [0.4, 0.5) is 0 Å². The minimum Gasteiger partial charge on any atom is -0.312 e. The van der Waals surface area contributed by atoms with Crippen LogP contribution in [0, 0.1) is 5.92 Å². The predicted molar refractivity (Wildman–Crippen MR) is 78.9 cm³/mol. The van der Waals surface area contributed by atoms with Crippen LogP contribution in [-0.2, 0) is 0 Å². The van der Waals surface area contributed by atoms with Gasteiger partial charge in [-0.3, -0.25) is 4.90 Å². The molecule has 0 heterocycles. The van der Waals surface area contributed by atoms with Crippen molar-refractivity contribution in [2.45, 2.75) is 77.3 Å². The molecule has 0 aromatic heterocycles. The van der Waals surface area contributed by atoms with E-state index in [2.05, 4.69) is 24.1 Å². The van der Waals surface area contributed by atoms with Gasteiger partial charge in [0, 0.05) is 25.2 Å². The van der Waals surface area contributed by atoms with Crippen LogP contribution < -0.4 is 5.32 Å². The first-order valence-electron chi connectivity index (χ1n) is 8.27. The van der Waals surface area contributed by atoms with Gasteiger partial charge < -0.3 is 5.32 Å². The third-order valence-electron chi connectivity index (χ3n) is 4.63. The molecular formula is C16H32N2. The quantitative estimate of drug-likeness (QED) is 0.712. The smallest absolute Gasteiger partial charge is 0.0192 e. The highest BCUT2D eigenvalue weighted by molar-refractivity contribution is 4.81. The first-order valence-corrected chi connectivity index (χ1v) is 8.27. The minimum absolute atomic E-state index is 0.715. The fourth-order valence-corrected chi connectivity index (χ4v) is 3.18. The number of nitrogens with one attached hydrogen (secondary N) is 1. The second kappa shape index (κ2) is 7.49. The Balaban J connectivity index is 1.67. The minimum atomic E-state index is 0.715. The van der Waals surface area contributed by atoms with E-state index in [9.17, 15) is 0 Å². The topological polar surface area (TPSA) is 15.3 Å². The van der Waals surface area contributed by atoms with Gasteiger partial charge in [-0.15, -0.1) is 0 Å². The summed E-state index contributed by atoms with van der Waals surface area (Å²) in [5.41, 5.74) is 0. The number of hydrogen-bond donors (Lipinski definition) is 1. The van der Waals surface area contributed by atoms with Gasteiger partial charge in [-0.2, -0.15) is 0 Å². The van der Waals surface area contributed by atoms with E-state index in [-0.39, 0.29) is 0 Å². The van der Waals surface area contributed by atoms with E-state index in [0.717, 1.165) is 12.0 Å². The third kappa shape index (κ3) is 4.89. The molecule has 2 saturated carbocycles. The van der Waals surface area contributed by atoms with Crippen molar-refractivity contribution in [3.63, 3.8) is 0 Å². The lowest BCUT2D eigenvalue weighted by Crippen LogP contribution is -2.45. The molecule has 2 aliphatic carbocycles. The highest BCUT2D eigenvalue weighted by atomic mass is 15.2. The van der Waals surface area contributed by atoms with Crippen LogP contribution in [0.15, 0.2) is 0 Å². The van der Waals surface area contributed by atoms with E-state index in [1.807, 2.05) is 0 Å². The maximum Gasteiger partial charge on any atom is 0.0192 e. The third-order valence-corrected chi connectivity index (χ3v) is 4.63. The fourth-order valence-electron chi connectivity index (χ4n) is 3.18. The van der Waals surface area contributed by atoms with Crippen molar-refractivity contribution in [1.29, 1.82) is 0 Å². The van der Waals surface area contributed by atoms with Crippen LogP contribution in [0.1, 0.15) is 65.2 Å². The lowest BCUT2D eigenvalue weighted by atomic mass is 9.95. The van der Waals surface area contributed by atoms with E-state index >= 15 is 0 Å². The van der Waals surface area contributed by atoms with Crippen LogP contribution in [-0.4, -0.2) is 36.6 Å². The van der Waals surface area contributed by atoms with Gasteiger partial charge in [0.05, 0.1) is 0 Å². The van der Waals surface area contributed by atoms with Gasteiger partial charge >= 0.3 is 0 Å². The Hall–Kier alpha value is -0.0800. The number of nitrogens with zero attached hydrogens (tertiary/aromatic N) is 1. The Bertz CT molecular complexity index is 219. The monoisotopic (exact) mass is 252 g/mol. The highest BCUT2D eigenvalue weighted by Gasteiger charge is 2.26. The zero-order valence-corrected chi connectivity index (χ0v) is 12.5. The van der Waals surface area contributed by atoms with Crippen molar-refractivity contribution in [1.82, 2.24) is 10.2 Å². The van der Waals surface area contributed by atoms with Crippen molar-refractivity contribution in [3.8, 4) is 0 Å². The van der Waals surface area contributed by atoms with Crippen LogP contribution in [0.2, 0.25) is 0 Å². The zero-order valence-electron chi connectivity index (χ0n) is 12.5. The van der Waals surface area contributed by atoms with Crippen LogP contribution >= 0.6 is 0 Å². The average Bonchev–Trinajstić information content (AvgIpc) is 3.21. The second-order valence-corrected chi connectivity index (χ2v) is 6.53. The van der Waals surface area contributed by atoms with Crippen LogP contribution in [0.5, 0.6) is 0 Å². The maximum atomic E-state index is 3.81. The Morgan fingerprint density at radius 2 is 1.83 bits per heavy atom. The molecule has 0 aromatic carbocycles. The molecule has 2 rings (SSSR count). The van der Waals surface area contributed by atoms with E-state index < -0.39 is 0 Å². The van der Waals surface area contributed by atoms with E-state index in [1.54, 1.807) is 0 Å². The molecule has 2 aliphatic rings. The summed E-state index contributed by atoms with van der Waals surface area (Å²) in [6.07, 6.45) is 11.4. The molecule has 0 bridgehead atoms. The van der Waals surface area contributed by atoms with Gasteiger partial charge in [-0.1, -0.05) is 26.2 Å². The van der Waals surface area contributed by atoms with Crippen molar-refractivity contribution < 1.29 is 0 Å². The number of rotatable bonds is 8. The van der Waals surface area contributed by atoms with Crippen molar-refractivity contribution >= 4 is 0 Å². The summed E-state index contributed by atoms with van der Waals surface area (Å²) in [5.74, 6) is 1.02. The summed E-state index contributed by atoms with van der Waals surface area (Å²) in [4.78, 5) is 2.72. The van der Waals surface area contributed by atoms with E-state index in [0.29, 0.717) is 6.04 Å². The highest BCUT2D eigenvalue weighted by Crippen LogP contribution is 2.30. The molecule has 0 aromatic rings. The molecule has 0 saturated heterocycles. The largest absolute Gasteiger partial charge is 0.312 e. The molecule has 2 nitrogen and oxygen atoms in total. The molecule has 0 amide bonds. The molecule has 0 radical (unpaired) electrons. The van der Waals surface area contributed by atoms with Gasteiger partial charge in [0.2, 0.25) is 0 Å². The van der Waals surface area contributed by atoms with Crippen LogP contribution in [0.3, 0.4) is 0 Å². The summed E-state index contributed by atoms with van der Waals surface area (Å²) < 4.78 is 0. The summed E-state index contributed by atoms with van der Waals surface area (Å²) in [5, 5.41) is 3.81. The van der Waals surface area contributed by atoms with E-state index in [4.69, 9.17) is 0 Å². The van der Waals surface area contributed by atoms with Crippen molar-refractivity contribution in [3.05, 3.63) is 0 Å². The summed E-state index contributed by atoms with van der Waals surface area (Å²) in [6, 6.07) is 1.53. The Labute approximate surface area is 114 Å². The first kappa shape index (κ1) is 14.3. The standard InChI is InChI=1S/C16H32N2/c1-3-11-18(13-15-9-10-15)14(2)12-17-16-7-5-4-6-8-16/h14-17H,3-13H2,1-2H3. The molecule has 1 atom stereocenters. The molecule has 1 unspecified atom stereocenters. The molecule has 0 spiro atoms. The molecule has 1 N–H and O–H groups in total. The summed E-state index contributed by atoms with van der Waals surface area (Å²) in [7, 11) is 0. The molecule has 106 valence electrons. The first-order chi connectivity index (χ1) is 8.79. The van der Waals surface area contributed by atoms with Gasteiger partial charge in [-0.25, -0.2) is 0 Å². The Morgan fingerprint density at radius 3 is 2.44 bits per heavy atom. The molecule has 2 fully saturated rings. The molecule has 0 aliphatic heterocycles. The lowest BCUT2D eigenvalue weighted by Gasteiger charge is -2.31. The summed E-state index contributed by atoms with van der Waals surface area (Å²) in [6.45, 7) is 8.54. The molecular weight excluding hydrogens is 220 g/mol. The predicted octanol–water partition coefficient (Wildman–Crippen LogP) is 3.42. The zero-order chi connectivity index (χ0) is 12.8. The Kier molecular flexibility index (Phi) is 5.97. The summed E-state index contributed by atoms with van der Waals surface area (Å²) >= 11 is 0. The van der Waals surface area contributed by atoms with Crippen molar-refractivity contribution in [2.75, 3.05) is 19.6 Å². The fraction of sp³-hybridized carbons (Fsp3) is 1.00. The van der Waals surface area contributed by atoms with Crippen LogP contribution in [0.25, 0.3) is 0 Å². The van der Waals surface area contributed by atoms with E-state index in [1.165, 1.54) is 71.0 Å². The normalized spacial score (nSPS) is 23.5. The maximum absolute atomic E-state index is 3.81. The SMILES string of the molecule is CCCN(CC1CC1)C(C)CNC1CCCCC1. The second-order valence-electron chi connectivity index (χ2n) is 6.53. The van der Waals surface area contributed by atoms with Gasteiger partial charge in [0.15, 0.2) is 0 Å². The van der Waals surface area contributed by atoms with Crippen molar-refractivity contribution in [2.24, 2.45) is 5.92 Å². The Morgan fingerprint density at radius 1 is 1.11 bits per heavy atom. The van der Waals surface area contributed by atoms with Gasteiger partial charge in [0.1, 0.15) is 0 Å². The van der Waals surface area contributed by atoms with Gasteiger partial charge in [0.25, 0.3) is 0 Å². The average molecular weight is 252 g/mol. The number of hydrogen-bond acceptors (Lipinski definition) is 2. The molecule has 18 heavy (non-hydrogen) atoms. The molecule has 2 heteroatoms. The van der Waals surface area contributed by atoms with Gasteiger partial charge in [-0.05, 0) is 51.5 Å².